The van der Waals surface area contributed by atoms with E-state index in [2.05, 4.69) is 21.7 Å². The maximum absolute atomic E-state index is 5.81. The predicted octanol–water partition coefficient (Wildman–Crippen LogP) is 2.06. The van der Waals surface area contributed by atoms with Gasteiger partial charge >= 0.3 is 0 Å². The van der Waals surface area contributed by atoms with Crippen LogP contribution in [0, 0.1) is 6.92 Å². The molecule has 0 bridgehead atoms. The number of nitrogens with zero attached hydrogens (tertiary/aromatic N) is 3. The molecule has 6 heteroatoms. The van der Waals surface area contributed by atoms with Gasteiger partial charge in [-0.15, -0.1) is 5.10 Å². The number of rotatable bonds is 4. The van der Waals surface area contributed by atoms with E-state index in [1.165, 1.54) is 10.9 Å². The number of para-hydroxylation sites is 1. The Morgan fingerprint density at radius 3 is 3.09 bits per heavy atom. The molecule has 4 rings (SSSR count). The van der Waals surface area contributed by atoms with Gasteiger partial charge in [-0.3, -0.25) is 0 Å². The maximum atomic E-state index is 5.81. The van der Waals surface area contributed by atoms with Crippen LogP contribution in [0.15, 0.2) is 41.1 Å². The van der Waals surface area contributed by atoms with Gasteiger partial charge in [0.2, 0.25) is 0 Å². The summed E-state index contributed by atoms with van der Waals surface area (Å²) in [6.45, 7) is 4.10. The predicted molar refractivity (Wildman–Crippen MR) is 81.5 cm³/mol. The molecule has 0 aliphatic carbocycles. The quantitative estimate of drug-likeness (QED) is 0.798. The summed E-state index contributed by atoms with van der Waals surface area (Å²) in [4.78, 5) is 0. The van der Waals surface area contributed by atoms with Crippen molar-refractivity contribution in [1.29, 1.82) is 0 Å². The van der Waals surface area contributed by atoms with Crippen LogP contribution in [0.25, 0.3) is 11.0 Å². The van der Waals surface area contributed by atoms with E-state index < -0.39 is 0 Å². The van der Waals surface area contributed by atoms with Crippen molar-refractivity contribution in [2.45, 2.75) is 25.6 Å². The Hall–Kier alpha value is -2.18. The number of nitrogens with one attached hydrogen (secondary N) is 1. The molecule has 6 nitrogen and oxygen atoms in total. The average Bonchev–Trinajstić information content (AvgIpc) is 3.24. The molecular formula is C16H18N4O2. The third kappa shape index (κ3) is 2.30. The molecule has 2 atom stereocenters. The number of furan rings is 1. The Labute approximate surface area is 128 Å². The molecule has 0 spiro atoms. The zero-order valence-corrected chi connectivity index (χ0v) is 12.4. The highest BCUT2D eigenvalue weighted by molar-refractivity contribution is 5.82. The van der Waals surface area contributed by atoms with E-state index in [0.717, 1.165) is 17.9 Å². The van der Waals surface area contributed by atoms with Gasteiger partial charge in [-0.05, 0) is 13.0 Å². The number of aromatic nitrogens is 3. The molecule has 0 radical (unpaired) electrons. The van der Waals surface area contributed by atoms with Crippen molar-refractivity contribution >= 4 is 11.0 Å². The van der Waals surface area contributed by atoms with Crippen LogP contribution in [0.2, 0.25) is 0 Å². The van der Waals surface area contributed by atoms with E-state index in [-0.39, 0.29) is 12.1 Å². The van der Waals surface area contributed by atoms with Gasteiger partial charge in [0.1, 0.15) is 11.3 Å². The molecule has 2 aromatic heterocycles. The number of ether oxygens (including phenoxy) is 1. The van der Waals surface area contributed by atoms with Crippen LogP contribution in [0.5, 0.6) is 0 Å². The lowest BCUT2D eigenvalue weighted by Crippen LogP contribution is -2.36. The number of fused-ring (bicyclic) bond motifs is 1. The van der Waals surface area contributed by atoms with Crippen LogP contribution in [0.3, 0.4) is 0 Å². The fraction of sp³-hybridized carbons (Fsp3) is 0.375. The van der Waals surface area contributed by atoms with E-state index in [1.807, 2.05) is 36.0 Å². The van der Waals surface area contributed by atoms with Crippen molar-refractivity contribution in [2.24, 2.45) is 0 Å². The summed E-state index contributed by atoms with van der Waals surface area (Å²) < 4.78 is 13.3. The lowest BCUT2D eigenvalue weighted by molar-refractivity contribution is 0.181. The number of hydrogen-bond donors (Lipinski definition) is 1. The zero-order valence-electron chi connectivity index (χ0n) is 12.4. The largest absolute Gasteiger partial charge is 0.461 e. The second-order valence-electron chi connectivity index (χ2n) is 5.61. The highest BCUT2D eigenvalue weighted by Crippen LogP contribution is 2.26. The van der Waals surface area contributed by atoms with Gasteiger partial charge < -0.3 is 14.5 Å². The fourth-order valence-corrected chi connectivity index (χ4v) is 3.07. The first-order valence-corrected chi connectivity index (χ1v) is 7.47. The standard InChI is InChI=1S/C16H18N4O2/c1-11-13(12-4-2-3-5-16(12)22-11)8-17-14-9-21-10-15(14)20-7-6-18-19-20/h2-7,14-15,17H,8-10H2,1H3/t14-,15+/m0/s1. The van der Waals surface area contributed by atoms with Crippen LogP contribution >= 0.6 is 0 Å². The molecule has 0 amide bonds. The maximum Gasteiger partial charge on any atom is 0.134 e. The molecular weight excluding hydrogens is 280 g/mol. The second-order valence-corrected chi connectivity index (χ2v) is 5.61. The van der Waals surface area contributed by atoms with Crippen LogP contribution in [-0.4, -0.2) is 34.2 Å². The van der Waals surface area contributed by atoms with Gasteiger partial charge in [-0.25, -0.2) is 4.68 Å². The van der Waals surface area contributed by atoms with Crippen molar-refractivity contribution < 1.29 is 9.15 Å². The Morgan fingerprint density at radius 1 is 1.32 bits per heavy atom. The number of hydrogen-bond acceptors (Lipinski definition) is 5. The third-order valence-electron chi connectivity index (χ3n) is 4.27. The molecule has 22 heavy (non-hydrogen) atoms. The summed E-state index contributed by atoms with van der Waals surface area (Å²) in [6.07, 6.45) is 3.58. The molecule has 1 saturated heterocycles. The molecule has 0 unspecified atom stereocenters. The summed E-state index contributed by atoms with van der Waals surface area (Å²) in [7, 11) is 0. The van der Waals surface area contributed by atoms with Crippen LogP contribution in [0.1, 0.15) is 17.4 Å². The first kappa shape index (κ1) is 13.5. The monoisotopic (exact) mass is 298 g/mol. The van der Waals surface area contributed by atoms with E-state index in [1.54, 1.807) is 6.20 Å². The molecule has 1 fully saturated rings. The normalized spacial score (nSPS) is 21.7. The van der Waals surface area contributed by atoms with Crippen LogP contribution < -0.4 is 5.32 Å². The van der Waals surface area contributed by atoms with Crippen molar-refractivity contribution in [1.82, 2.24) is 20.3 Å². The molecule has 1 aliphatic heterocycles. The molecule has 0 saturated carbocycles. The van der Waals surface area contributed by atoms with Gasteiger partial charge in [0.15, 0.2) is 0 Å². The lowest BCUT2D eigenvalue weighted by Gasteiger charge is -2.18. The van der Waals surface area contributed by atoms with Gasteiger partial charge in [-0.2, -0.15) is 0 Å². The minimum atomic E-state index is 0.181. The highest BCUT2D eigenvalue weighted by Gasteiger charge is 2.30. The molecule has 1 aliphatic rings. The summed E-state index contributed by atoms with van der Waals surface area (Å²) in [6, 6.07) is 8.54. The zero-order chi connectivity index (χ0) is 14.9. The lowest BCUT2D eigenvalue weighted by atomic mass is 10.1. The van der Waals surface area contributed by atoms with E-state index in [4.69, 9.17) is 9.15 Å². The van der Waals surface area contributed by atoms with Crippen molar-refractivity contribution in [2.75, 3.05) is 13.2 Å². The van der Waals surface area contributed by atoms with Crippen molar-refractivity contribution in [3.8, 4) is 0 Å². The Bertz CT molecular complexity index is 766. The van der Waals surface area contributed by atoms with Gasteiger partial charge in [0, 0.05) is 23.7 Å². The highest BCUT2D eigenvalue weighted by atomic mass is 16.5. The van der Waals surface area contributed by atoms with E-state index in [0.29, 0.717) is 13.2 Å². The third-order valence-corrected chi connectivity index (χ3v) is 4.27. The fourth-order valence-electron chi connectivity index (χ4n) is 3.07. The molecule has 114 valence electrons. The topological polar surface area (TPSA) is 65.1 Å². The summed E-state index contributed by atoms with van der Waals surface area (Å²) >= 11 is 0. The van der Waals surface area contributed by atoms with Crippen LogP contribution in [0.4, 0.5) is 0 Å². The van der Waals surface area contributed by atoms with Crippen molar-refractivity contribution in [3.63, 3.8) is 0 Å². The van der Waals surface area contributed by atoms with Crippen LogP contribution in [-0.2, 0) is 11.3 Å². The van der Waals surface area contributed by atoms with E-state index >= 15 is 0 Å². The van der Waals surface area contributed by atoms with Gasteiger partial charge in [-0.1, -0.05) is 23.4 Å². The molecule has 1 N–H and O–H groups in total. The Morgan fingerprint density at radius 2 is 2.23 bits per heavy atom. The summed E-state index contributed by atoms with van der Waals surface area (Å²) in [5.41, 5.74) is 2.15. The first-order valence-electron chi connectivity index (χ1n) is 7.47. The minimum Gasteiger partial charge on any atom is -0.461 e. The molecule has 3 aromatic rings. The van der Waals surface area contributed by atoms with E-state index in [9.17, 15) is 0 Å². The first-order chi connectivity index (χ1) is 10.8. The number of aryl methyl sites for hydroxylation is 1. The molecule has 1 aromatic carbocycles. The molecule has 3 heterocycles. The Balaban J connectivity index is 1.53. The van der Waals surface area contributed by atoms with Gasteiger partial charge in [0.05, 0.1) is 31.5 Å². The smallest absolute Gasteiger partial charge is 0.134 e. The SMILES string of the molecule is Cc1oc2ccccc2c1CN[C@H]1COC[C@H]1n1ccnn1. The number of benzene rings is 1. The average molecular weight is 298 g/mol. The van der Waals surface area contributed by atoms with Gasteiger partial charge in [0.25, 0.3) is 0 Å². The summed E-state index contributed by atoms with van der Waals surface area (Å²) in [5, 5.41) is 12.7. The Kier molecular flexibility index (Phi) is 3.40. The van der Waals surface area contributed by atoms with Crippen molar-refractivity contribution in [3.05, 3.63) is 48.0 Å². The second kappa shape index (κ2) is 5.55. The minimum absolute atomic E-state index is 0.181. The summed E-state index contributed by atoms with van der Waals surface area (Å²) in [5.74, 6) is 0.963.